The highest BCUT2D eigenvalue weighted by atomic mass is 32.2. The normalized spacial score (nSPS) is 21.0. The quantitative estimate of drug-likeness (QED) is 0.736. The molecule has 1 aromatic rings. The van der Waals surface area contributed by atoms with E-state index in [2.05, 4.69) is 9.71 Å². The molecule has 1 aliphatic carbocycles. The first-order valence-corrected chi connectivity index (χ1v) is 9.66. The zero-order valence-electron chi connectivity index (χ0n) is 13.2. The maximum atomic E-state index is 12.6. The Labute approximate surface area is 136 Å². The summed E-state index contributed by atoms with van der Waals surface area (Å²) in [6, 6.07) is 1.42. The van der Waals surface area contributed by atoms with Crippen molar-refractivity contribution in [1.82, 2.24) is 14.6 Å². The zero-order chi connectivity index (χ0) is 16.5. The van der Waals surface area contributed by atoms with E-state index in [1.807, 2.05) is 0 Å². The van der Waals surface area contributed by atoms with Crippen LogP contribution in [-0.2, 0) is 10.0 Å². The minimum atomic E-state index is -3.68. The number of carbonyl (C=O) groups is 1. The predicted molar refractivity (Wildman–Crippen MR) is 86.5 cm³/mol. The Balaban J connectivity index is 1.77. The third-order valence-corrected chi connectivity index (χ3v) is 6.45. The molecule has 1 saturated heterocycles. The number of amides is 1. The van der Waals surface area contributed by atoms with E-state index >= 15 is 0 Å². The second kappa shape index (κ2) is 6.26. The Morgan fingerprint density at radius 2 is 1.91 bits per heavy atom. The van der Waals surface area contributed by atoms with Crippen molar-refractivity contribution in [2.75, 3.05) is 19.6 Å². The number of aromatic amines is 1. The maximum Gasteiger partial charge on any atom is 0.270 e. The van der Waals surface area contributed by atoms with Gasteiger partial charge in [0, 0.05) is 31.4 Å². The molecule has 0 radical (unpaired) electrons. The summed E-state index contributed by atoms with van der Waals surface area (Å²) >= 11 is 0. The molecule has 2 aliphatic rings. The van der Waals surface area contributed by atoms with Gasteiger partial charge in [-0.3, -0.25) is 4.79 Å². The molecule has 0 aromatic carbocycles. The molecule has 1 amide bonds. The third-order valence-electron chi connectivity index (χ3n) is 4.89. The molecule has 128 valence electrons. The van der Waals surface area contributed by atoms with Crippen molar-refractivity contribution in [1.29, 1.82) is 0 Å². The van der Waals surface area contributed by atoms with E-state index < -0.39 is 15.6 Å². The molecule has 0 spiro atoms. The van der Waals surface area contributed by atoms with Crippen LogP contribution >= 0.6 is 0 Å². The van der Waals surface area contributed by atoms with Crippen molar-refractivity contribution < 1.29 is 13.2 Å². The summed E-state index contributed by atoms with van der Waals surface area (Å²) in [5, 5.41) is 0. The van der Waals surface area contributed by atoms with Gasteiger partial charge in [0.25, 0.3) is 5.91 Å². The van der Waals surface area contributed by atoms with Crippen molar-refractivity contribution >= 4 is 15.9 Å². The van der Waals surface area contributed by atoms with Crippen LogP contribution < -0.4 is 10.5 Å². The number of nitrogens with one attached hydrogen (secondary N) is 2. The predicted octanol–water partition coefficient (Wildman–Crippen LogP) is 0.800. The van der Waals surface area contributed by atoms with Gasteiger partial charge in [0.1, 0.15) is 10.6 Å². The highest BCUT2D eigenvalue weighted by Crippen LogP contribution is 2.30. The van der Waals surface area contributed by atoms with E-state index in [1.54, 1.807) is 4.90 Å². The molecule has 2 fully saturated rings. The third kappa shape index (κ3) is 3.29. The number of hydrogen-bond acceptors (Lipinski definition) is 4. The topological polar surface area (TPSA) is 108 Å². The van der Waals surface area contributed by atoms with Crippen molar-refractivity contribution in [2.45, 2.75) is 49.0 Å². The van der Waals surface area contributed by atoms with Gasteiger partial charge in [-0.15, -0.1) is 0 Å². The Kier molecular flexibility index (Phi) is 4.48. The summed E-state index contributed by atoms with van der Waals surface area (Å²) in [6.45, 7) is 1.75. The number of likely N-dealkylation sites (tertiary alicyclic amines) is 1. The van der Waals surface area contributed by atoms with Crippen LogP contribution in [0.3, 0.4) is 0 Å². The average Bonchev–Trinajstić information content (AvgIpc) is 3.27. The second-order valence-corrected chi connectivity index (χ2v) is 8.23. The minimum absolute atomic E-state index is 0.0970. The zero-order valence-corrected chi connectivity index (χ0v) is 14.0. The van der Waals surface area contributed by atoms with Gasteiger partial charge in [-0.1, -0.05) is 12.8 Å². The number of carbonyl (C=O) groups excluding carboxylic acids is 1. The molecule has 4 N–H and O–H groups in total. The first kappa shape index (κ1) is 16.5. The minimum Gasteiger partial charge on any atom is -0.356 e. The number of nitrogens with zero attached hydrogens (tertiary/aromatic N) is 1. The molecule has 1 saturated carbocycles. The summed E-state index contributed by atoms with van der Waals surface area (Å²) in [7, 11) is -3.68. The monoisotopic (exact) mass is 340 g/mol. The summed E-state index contributed by atoms with van der Waals surface area (Å²) in [5.74, 6) is -0.140. The first-order valence-electron chi connectivity index (χ1n) is 8.18. The van der Waals surface area contributed by atoms with Gasteiger partial charge >= 0.3 is 0 Å². The van der Waals surface area contributed by atoms with Crippen molar-refractivity contribution in [3.8, 4) is 0 Å². The van der Waals surface area contributed by atoms with E-state index in [0.29, 0.717) is 5.69 Å². The van der Waals surface area contributed by atoms with Gasteiger partial charge in [-0.2, -0.15) is 0 Å². The lowest BCUT2D eigenvalue weighted by Crippen LogP contribution is -2.51. The summed E-state index contributed by atoms with van der Waals surface area (Å²) < 4.78 is 28.0. The van der Waals surface area contributed by atoms with Crippen LogP contribution in [0.5, 0.6) is 0 Å². The fourth-order valence-corrected chi connectivity index (χ4v) is 4.95. The summed E-state index contributed by atoms with van der Waals surface area (Å²) in [4.78, 5) is 17.0. The van der Waals surface area contributed by atoms with Gasteiger partial charge in [-0.25, -0.2) is 13.1 Å². The number of H-pyrrole nitrogens is 1. The molecule has 7 nitrogen and oxygen atoms in total. The Morgan fingerprint density at radius 1 is 1.26 bits per heavy atom. The summed E-state index contributed by atoms with van der Waals surface area (Å²) in [6.07, 6.45) is 6.84. The maximum absolute atomic E-state index is 12.6. The second-order valence-electron chi connectivity index (χ2n) is 6.55. The lowest BCUT2D eigenvalue weighted by Gasteiger charge is -2.27. The molecule has 0 atom stereocenters. The Morgan fingerprint density at radius 3 is 2.52 bits per heavy atom. The molecule has 2 heterocycles. The largest absolute Gasteiger partial charge is 0.356 e. The van der Waals surface area contributed by atoms with E-state index in [9.17, 15) is 13.2 Å². The van der Waals surface area contributed by atoms with Crippen LogP contribution in [0.2, 0.25) is 0 Å². The van der Waals surface area contributed by atoms with Gasteiger partial charge in [0.15, 0.2) is 0 Å². The van der Waals surface area contributed by atoms with E-state index in [4.69, 9.17) is 5.73 Å². The number of sulfonamides is 1. The van der Waals surface area contributed by atoms with Crippen LogP contribution in [0.25, 0.3) is 0 Å². The lowest BCUT2D eigenvalue weighted by atomic mass is 10.0. The molecular weight excluding hydrogens is 316 g/mol. The summed E-state index contributed by atoms with van der Waals surface area (Å²) in [5.41, 5.74) is 5.57. The SMILES string of the molecule is NCC1(NS(=O)(=O)c2c[nH]c(C(=O)N3CCCC3)c2)CCCC1. The number of rotatable bonds is 5. The Hall–Kier alpha value is -1.38. The highest BCUT2D eigenvalue weighted by Gasteiger charge is 2.37. The fourth-order valence-electron chi connectivity index (χ4n) is 3.49. The van der Waals surface area contributed by atoms with E-state index in [0.717, 1.165) is 51.6 Å². The number of aromatic nitrogens is 1. The smallest absolute Gasteiger partial charge is 0.270 e. The van der Waals surface area contributed by atoms with Gasteiger partial charge in [0.05, 0.1) is 0 Å². The molecule has 23 heavy (non-hydrogen) atoms. The van der Waals surface area contributed by atoms with Crippen molar-refractivity contribution in [3.63, 3.8) is 0 Å². The first-order chi connectivity index (χ1) is 11.0. The van der Waals surface area contributed by atoms with Gasteiger partial charge < -0.3 is 15.6 Å². The van der Waals surface area contributed by atoms with E-state index in [-0.39, 0.29) is 17.3 Å². The van der Waals surface area contributed by atoms with Crippen LogP contribution in [0, 0.1) is 0 Å². The molecule has 8 heteroatoms. The van der Waals surface area contributed by atoms with Crippen molar-refractivity contribution in [3.05, 3.63) is 18.0 Å². The Bertz CT molecular complexity index is 671. The molecular formula is C15H24N4O3S. The molecule has 1 aromatic heterocycles. The van der Waals surface area contributed by atoms with Gasteiger partial charge in [0.2, 0.25) is 10.0 Å². The average molecular weight is 340 g/mol. The van der Waals surface area contributed by atoms with Gasteiger partial charge in [-0.05, 0) is 31.7 Å². The number of hydrogen-bond donors (Lipinski definition) is 3. The van der Waals surface area contributed by atoms with Crippen LogP contribution in [0.4, 0.5) is 0 Å². The number of nitrogens with two attached hydrogens (primary N) is 1. The van der Waals surface area contributed by atoms with E-state index in [1.165, 1.54) is 12.3 Å². The molecule has 3 rings (SSSR count). The van der Waals surface area contributed by atoms with Crippen LogP contribution in [-0.4, -0.2) is 49.4 Å². The highest BCUT2D eigenvalue weighted by molar-refractivity contribution is 7.89. The van der Waals surface area contributed by atoms with Crippen LogP contribution in [0.15, 0.2) is 17.2 Å². The molecule has 0 bridgehead atoms. The molecule has 1 aliphatic heterocycles. The van der Waals surface area contributed by atoms with Crippen LogP contribution in [0.1, 0.15) is 49.0 Å². The molecule has 0 unspecified atom stereocenters. The standard InChI is InChI=1S/C15H24N4O3S/c16-11-15(5-1-2-6-15)18-23(21,22)12-9-13(17-10-12)14(20)19-7-3-4-8-19/h9-10,17-18H,1-8,11,16H2. The van der Waals surface area contributed by atoms with Crippen molar-refractivity contribution in [2.24, 2.45) is 5.73 Å². The fraction of sp³-hybridized carbons (Fsp3) is 0.667. The lowest BCUT2D eigenvalue weighted by molar-refractivity contribution is 0.0787.